The quantitative estimate of drug-likeness (QED) is 0.310. The van der Waals surface area contributed by atoms with Crippen LogP contribution in [-0.4, -0.2) is 15.6 Å². The number of nitrogens with zero attached hydrogens (tertiary/aromatic N) is 2. The number of halogens is 3. The monoisotopic (exact) mass is 472 g/mol. The standard InChI is InChI=1S/C26H31F3N4O/c1-5-6-7-8-18-9-11-19(12-10-18)31-23-22(26(27,28)29)17-30-24(33-23)32-20-13-15-21(16-14-20)34-25(2,3)4/h9-17H,5-8H2,1-4H3,(H2,30,31,32,33). The van der Waals surface area contributed by atoms with Gasteiger partial charge < -0.3 is 15.4 Å². The van der Waals surface area contributed by atoms with Gasteiger partial charge in [0.05, 0.1) is 0 Å². The maximum absolute atomic E-state index is 13.6. The molecule has 1 aromatic heterocycles. The molecule has 0 spiro atoms. The second kappa shape index (κ2) is 10.8. The molecular formula is C26H31F3N4O. The maximum atomic E-state index is 13.6. The lowest BCUT2D eigenvalue weighted by Gasteiger charge is -2.21. The van der Waals surface area contributed by atoms with Crippen molar-refractivity contribution in [3.8, 4) is 5.75 Å². The minimum atomic E-state index is -4.59. The van der Waals surface area contributed by atoms with Gasteiger partial charge in [-0.3, -0.25) is 0 Å². The molecule has 182 valence electrons. The highest BCUT2D eigenvalue weighted by Crippen LogP contribution is 2.35. The van der Waals surface area contributed by atoms with E-state index in [1.54, 1.807) is 36.4 Å². The number of aromatic nitrogens is 2. The summed E-state index contributed by atoms with van der Waals surface area (Å²) in [5.74, 6) is 0.430. The zero-order chi connectivity index (χ0) is 24.8. The highest BCUT2D eigenvalue weighted by Gasteiger charge is 2.35. The van der Waals surface area contributed by atoms with Crippen LogP contribution in [0.4, 0.5) is 36.3 Å². The first-order valence-corrected chi connectivity index (χ1v) is 11.4. The lowest BCUT2D eigenvalue weighted by atomic mass is 10.1. The van der Waals surface area contributed by atoms with Gasteiger partial charge in [-0.1, -0.05) is 31.9 Å². The highest BCUT2D eigenvalue weighted by atomic mass is 19.4. The topological polar surface area (TPSA) is 59.1 Å². The zero-order valence-corrected chi connectivity index (χ0v) is 20.0. The molecular weight excluding hydrogens is 441 g/mol. The molecule has 0 bridgehead atoms. The Labute approximate surface area is 198 Å². The van der Waals surface area contributed by atoms with Crippen LogP contribution in [0.1, 0.15) is 58.1 Å². The Hall–Kier alpha value is -3.29. The van der Waals surface area contributed by atoms with Gasteiger partial charge in [-0.25, -0.2) is 4.98 Å². The number of hydrogen-bond acceptors (Lipinski definition) is 5. The van der Waals surface area contributed by atoms with Crippen molar-refractivity contribution in [2.24, 2.45) is 0 Å². The van der Waals surface area contributed by atoms with Crippen LogP contribution in [0, 0.1) is 0 Å². The smallest absolute Gasteiger partial charge is 0.421 e. The van der Waals surface area contributed by atoms with Crippen molar-refractivity contribution in [2.45, 2.75) is 65.2 Å². The van der Waals surface area contributed by atoms with Crippen LogP contribution >= 0.6 is 0 Å². The van der Waals surface area contributed by atoms with E-state index in [-0.39, 0.29) is 17.4 Å². The molecule has 0 radical (unpaired) electrons. The average molecular weight is 473 g/mol. The van der Waals surface area contributed by atoms with Crippen LogP contribution in [0.15, 0.2) is 54.7 Å². The van der Waals surface area contributed by atoms with Gasteiger partial charge in [0, 0.05) is 17.6 Å². The molecule has 0 aliphatic carbocycles. The SMILES string of the molecule is CCCCCc1ccc(Nc2nc(Nc3ccc(OC(C)(C)C)cc3)ncc2C(F)(F)F)cc1. The van der Waals surface area contributed by atoms with Gasteiger partial charge >= 0.3 is 6.18 Å². The Kier molecular flexibility index (Phi) is 8.02. The van der Waals surface area contributed by atoms with Crippen molar-refractivity contribution < 1.29 is 17.9 Å². The maximum Gasteiger partial charge on any atom is 0.421 e. The molecule has 0 saturated carbocycles. The molecule has 5 nitrogen and oxygen atoms in total. The third kappa shape index (κ3) is 7.64. The van der Waals surface area contributed by atoms with Crippen molar-refractivity contribution in [3.63, 3.8) is 0 Å². The first kappa shape index (κ1) is 25.3. The molecule has 3 aromatic rings. The molecule has 2 N–H and O–H groups in total. The Morgan fingerprint density at radius 2 is 1.47 bits per heavy atom. The lowest BCUT2D eigenvalue weighted by molar-refractivity contribution is -0.137. The van der Waals surface area contributed by atoms with Crippen LogP contribution in [-0.2, 0) is 12.6 Å². The van der Waals surface area contributed by atoms with E-state index in [9.17, 15) is 13.2 Å². The summed E-state index contributed by atoms with van der Waals surface area (Å²) in [5.41, 5.74) is 1.04. The number of anilines is 4. The summed E-state index contributed by atoms with van der Waals surface area (Å²) in [6.45, 7) is 7.99. The van der Waals surface area contributed by atoms with Gasteiger partial charge in [0.1, 0.15) is 22.7 Å². The molecule has 0 atom stereocenters. The first-order chi connectivity index (χ1) is 16.0. The number of rotatable bonds is 9. The van der Waals surface area contributed by atoms with Crippen molar-refractivity contribution >= 4 is 23.1 Å². The molecule has 1 heterocycles. The van der Waals surface area contributed by atoms with Gasteiger partial charge in [-0.2, -0.15) is 18.2 Å². The third-order valence-corrected chi connectivity index (χ3v) is 4.91. The molecule has 0 amide bonds. The number of hydrogen-bond donors (Lipinski definition) is 2. The van der Waals surface area contributed by atoms with Crippen LogP contribution < -0.4 is 15.4 Å². The number of alkyl halides is 3. The van der Waals surface area contributed by atoms with Crippen molar-refractivity contribution in [2.75, 3.05) is 10.6 Å². The molecule has 2 aromatic carbocycles. The second-order valence-corrected chi connectivity index (χ2v) is 9.10. The predicted molar refractivity (Wildman–Crippen MR) is 130 cm³/mol. The van der Waals surface area contributed by atoms with Crippen LogP contribution in [0.3, 0.4) is 0 Å². The van der Waals surface area contributed by atoms with E-state index in [2.05, 4.69) is 27.5 Å². The fourth-order valence-corrected chi connectivity index (χ4v) is 3.30. The largest absolute Gasteiger partial charge is 0.488 e. The van der Waals surface area contributed by atoms with Crippen molar-refractivity contribution in [1.29, 1.82) is 0 Å². The Balaban J connectivity index is 1.77. The minimum absolute atomic E-state index is 0.0520. The minimum Gasteiger partial charge on any atom is -0.488 e. The lowest BCUT2D eigenvalue weighted by Crippen LogP contribution is -2.22. The van der Waals surface area contributed by atoms with Crippen LogP contribution in [0.25, 0.3) is 0 Å². The third-order valence-electron chi connectivity index (χ3n) is 4.91. The van der Waals surface area contributed by atoms with E-state index in [1.807, 2.05) is 32.9 Å². The Morgan fingerprint density at radius 3 is 2.06 bits per heavy atom. The molecule has 34 heavy (non-hydrogen) atoms. The molecule has 0 aliphatic heterocycles. The Bertz CT molecular complexity index is 1060. The van der Waals surface area contributed by atoms with Gasteiger partial charge in [0.15, 0.2) is 0 Å². The summed E-state index contributed by atoms with van der Waals surface area (Å²) in [4.78, 5) is 7.98. The van der Waals surface area contributed by atoms with Gasteiger partial charge in [-0.15, -0.1) is 0 Å². The van der Waals surface area contributed by atoms with E-state index in [0.29, 0.717) is 17.1 Å². The number of benzene rings is 2. The van der Waals surface area contributed by atoms with E-state index in [4.69, 9.17) is 4.74 Å². The highest BCUT2D eigenvalue weighted by molar-refractivity contribution is 5.63. The fourth-order valence-electron chi connectivity index (χ4n) is 3.30. The van der Waals surface area contributed by atoms with Gasteiger partial charge in [0.2, 0.25) is 5.95 Å². The molecule has 0 aliphatic rings. The number of nitrogens with one attached hydrogen (secondary N) is 2. The normalized spacial score (nSPS) is 11.9. The van der Waals surface area contributed by atoms with Crippen molar-refractivity contribution in [1.82, 2.24) is 9.97 Å². The predicted octanol–water partition coefficient (Wildman–Crippen LogP) is 7.89. The zero-order valence-electron chi connectivity index (χ0n) is 20.0. The number of unbranched alkanes of at least 4 members (excludes halogenated alkanes) is 2. The number of aryl methyl sites for hydroxylation is 1. The first-order valence-electron chi connectivity index (χ1n) is 11.4. The number of ether oxygens (including phenoxy) is 1. The van der Waals surface area contributed by atoms with E-state index >= 15 is 0 Å². The van der Waals surface area contributed by atoms with Crippen molar-refractivity contribution in [3.05, 3.63) is 65.9 Å². The average Bonchev–Trinajstić information content (AvgIpc) is 2.75. The van der Waals surface area contributed by atoms with Crippen LogP contribution in [0.5, 0.6) is 5.75 Å². The van der Waals surface area contributed by atoms with E-state index < -0.39 is 11.7 Å². The van der Waals surface area contributed by atoms with Gasteiger partial charge in [0.25, 0.3) is 0 Å². The molecule has 8 heteroatoms. The summed E-state index contributed by atoms with van der Waals surface area (Å²) < 4.78 is 46.5. The summed E-state index contributed by atoms with van der Waals surface area (Å²) >= 11 is 0. The van der Waals surface area contributed by atoms with Crippen LogP contribution in [0.2, 0.25) is 0 Å². The molecule has 0 fully saturated rings. The Morgan fingerprint density at radius 1 is 0.853 bits per heavy atom. The summed E-state index contributed by atoms with van der Waals surface area (Å²) in [6.07, 6.45) is 0.520. The van der Waals surface area contributed by atoms with E-state index in [1.165, 1.54) is 0 Å². The molecule has 0 saturated heterocycles. The van der Waals surface area contributed by atoms with Gasteiger partial charge in [-0.05, 0) is 75.6 Å². The summed E-state index contributed by atoms with van der Waals surface area (Å²) in [6, 6.07) is 14.4. The fraction of sp³-hybridized carbons (Fsp3) is 0.385. The summed E-state index contributed by atoms with van der Waals surface area (Å²) in [5, 5.41) is 5.75. The van der Waals surface area contributed by atoms with E-state index in [0.717, 1.165) is 37.4 Å². The molecule has 0 unspecified atom stereocenters. The molecule has 3 rings (SSSR count). The second-order valence-electron chi connectivity index (χ2n) is 9.10. The summed E-state index contributed by atoms with van der Waals surface area (Å²) in [7, 11) is 0.